The largest absolute Gasteiger partial charge is 0.481 e. The number of likely N-dealkylation sites (N-methyl/N-ethyl adjacent to an activating group) is 2. The first-order chi connectivity index (χ1) is 44.1. The maximum Gasteiger partial charge on any atom is 0.307 e. The normalized spacial score (nSPS) is 29.1. The van der Waals surface area contributed by atoms with Gasteiger partial charge < -0.3 is 40.7 Å². The van der Waals surface area contributed by atoms with Gasteiger partial charge in [-0.25, -0.2) is 18.7 Å². The zero-order chi connectivity index (χ0) is 67.3. The molecular weight excluding hydrogens is 1270 g/mol. The zero-order valence-electron chi connectivity index (χ0n) is 54.6. The molecule has 4 aliphatic carbocycles. The zero-order valence-corrected chi connectivity index (χ0v) is 57.6. The summed E-state index contributed by atoms with van der Waals surface area (Å²) in [6.07, 6.45) is 12.3. The predicted molar refractivity (Wildman–Crippen MR) is 356 cm³/mol. The molecule has 5 N–H and O–H groups in total. The van der Waals surface area contributed by atoms with Gasteiger partial charge in [0.15, 0.2) is 21.9 Å². The van der Waals surface area contributed by atoms with Crippen molar-refractivity contribution in [2.45, 2.75) is 193 Å². The van der Waals surface area contributed by atoms with Gasteiger partial charge in [0.05, 0.1) is 30.0 Å². The molecule has 4 aromatic rings. The van der Waals surface area contributed by atoms with Crippen LogP contribution in [0.5, 0.6) is 0 Å². The summed E-state index contributed by atoms with van der Waals surface area (Å²) < 4.78 is 43.1. The van der Waals surface area contributed by atoms with Gasteiger partial charge in [0.25, 0.3) is 11.8 Å². The summed E-state index contributed by atoms with van der Waals surface area (Å²) in [4.78, 5) is 92.0. The molecule has 4 amide bonds. The van der Waals surface area contributed by atoms with Crippen molar-refractivity contribution in [1.29, 1.82) is 0 Å². The average Bonchev–Trinajstić information content (AvgIpc) is 1.52. The van der Waals surface area contributed by atoms with Crippen molar-refractivity contribution in [2.75, 3.05) is 50.0 Å². The van der Waals surface area contributed by atoms with Gasteiger partial charge in [-0.3, -0.25) is 28.8 Å². The lowest BCUT2D eigenvalue weighted by molar-refractivity contribution is -0.149. The monoisotopic (exact) mass is 1360 g/mol. The van der Waals surface area contributed by atoms with Crippen LogP contribution in [0.3, 0.4) is 0 Å². The summed E-state index contributed by atoms with van der Waals surface area (Å²) in [5.74, 6) is -6.26. The number of benzene rings is 2. The molecule has 4 spiro atoms. The fourth-order valence-electron chi connectivity index (χ4n) is 17.8. The Morgan fingerprint density at radius 2 is 1.01 bits per heavy atom. The molecule has 2 aromatic heterocycles. The number of halogens is 6. The second-order valence-electron chi connectivity index (χ2n) is 28.8. The molecule has 16 nitrogen and oxygen atoms in total. The standard InChI is InChI=1S/C36H44Cl2FN3O4.C25H25Cl2FN2O3.C10H20N2O2/c1-5-42(6-2)32(44)28-10-7-21(20-46-28)17-27(43)24-19-35(14-12-34(3,4)13-15-35)36(29(24)23-11-16-40-31(38)30(23)39)25-9-8-22(37)18-26(25)41-33(36)45;1-23(2)6-8-24(9-7-23)12-15(21(31)32)18(14-5-10-29-20(27)19(14)28)25(24)16-4-3-13(26)11-17(16)30-22(25)33;1-3-12(4-2)10(13)9-6-5-8(11)7-14-9/h8-9,11,16,18,21,24,28-29H,5-7,10,12-15,17,19-20H2,1-4H3,(H,41,45);3-5,10-11,15,18H,6-9,12H2,1-2H3,(H,30,33)(H,31,32);8-9H,3-7,11H2,1-2H3/t21-,24-,28-,29-,36+;15-,18+,25-;8-,9+/m011/s1. The van der Waals surface area contributed by atoms with Gasteiger partial charge in [-0.05, 0) is 204 Å². The van der Waals surface area contributed by atoms with Crippen LogP contribution in [0, 0.1) is 51.0 Å². The summed E-state index contributed by atoms with van der Waals surface area (Å²) >= 11 is 25.0. The molecule has 0 bridgehead atoms. The number of aliphatic carboxylic acids is 1. The van der Waals surface area contributed by atoms with Crippen LogP contribution in [0.15, 0.2) is 60.9 Å². The number of carboxylic acids is 1. The van der Waals surface area contributed by atoms with Crippen molar-refractivity contribution in [3.8, 4) is 0 Å². The molecule has 2 saturated heterocycles. The highest BCUT2D eigenvalue weighted by Gasteiger charge is 2.74. The lowest BCUT2D eigenvalue weighted by atomic mass is 9.51. The number of amides is 4. The molecule has 6 fully saturated rings. The maximum absolute atomic E-state index is 16.2. The first kappa shape index (κ1) is 70.5. The number of ketones is 1. The molecule has 8 aliphatic rings. The van der Waals surface area contributed by atoms with Gasteiger partial charge >= 0.3 is 5.97 Å². The first-order valence-corrected chi connectivity index (χ1v) is 34.7. The number of carbonyl (C=O) groups excluding carboxylic acids is 5. The van der Waals surface area contributed by atoms with Crippen LogP contribution in [-0.4, -0.2) is 118 Å². The van der Waals surface area contributed by atoms with Gasteiger partial charge in [-0.2, -0.15) is 0 Å². The summed E-state index contributed by atoms with van der Waals surface area (Å²) in [7, 11) is 0. The third kappa shape index (κ3) is 12.8. The van der Waals surface area contributed by atoms with E-state index < -0.39 is 69.0 Å². The molecule has 0 radical (unpaired) electrons. The Balaban J connectivity index is 0.000000174. The number of Topliss-reactive ketones (excluding diaryl/α,β-unsaturated/α-hetero) is 1. The minimum absolute atomic E-state index is 0.00393. The molecule has 12 rings (SSSR count). The first-order valence-electron chi connectivity index (χ1n) is 33.2. The topological polar surface area (TPSA) is 223 Å². The van der Waals surface area contributed by atoms with Crippen molar-refractivity contribution in [1.82, 2.24) is 19.8 Å². The SMILES string of the molecule is CC1(C)CCC2(CC1)C[C@@H](C(=O)O)[C@H](c1ccnc(Cl)c1F)[C@]21C(=O)Nc2cc(Cl)ccc21.CCN(CC)C(=O)[C@@H]1CC[C@@H](CC(=O)[C@@H]2CC3(CCC(C)(C)CC3)[C@@]3(C(=O)Nc4cc(Cl)ccc43)[C@H]2c2ccnc(Cl)c2F)CO1.CCN(CC)C(=O)[C@@H]1CC[C@@H](N)CO1. The van der Waals surface area contributed by atoms with Crippen molar-refractivity contribution >= 4 is 93.2 Å². The molecule has 93 heavy (non-hydrogen) atoms. The molecule has 6 heterocycles. The second kappa shape index (κ2) is 27.6. The Bertz CT molecular complexity index is 3500. The highest BCUT2D eigenvalue weighted by molar-refractivity contribution is 6.32. The Hall–Kier alpha value is -5.34. The maximum atomic E-state index is 16.2. The van der Waals surface area contributed by atoms with Crippen LogP contribution >= 0.6 is 46.4 Å². The number of pyridine rings is 2. The Morgan fingerprint density at radius 3 is 1.40 bits per heavy atom. The van der Waals surface area contributed by atoms with Crippen LogP contribution in [0.25, 0.3) is 0 Å². The lowest BCUT2D eigenvalue weighted by Gasteiger charge is -2.51. The number of carboxylic acid groups (broad SMARTS) is 1. The molecule has 0 unspecified atom stereocenters. The number of anilines is 2. The third-order valence-corrected chi connectivity index (χ3v) is 23.8. The fraction of sp³-hybridized carbons (Fsp3) is 0.606. The predicted octanol–water partition coefficient (Wildman–Crippen LogP) is 14.3. The van der Waals surface area contributed by atoms with Gasteiger partial charge in [0, 0.05) is 90.2 Å². The van der Waals surface area contributed by atoms with Gasteiger partial charge in [0.1, 0.15) is 18.0 Å². The van der Waals surface area contributed by atoms with E-state index in [4.69, 9.17) is 61.6 Å². The molecule has 4 aliphatic heterocycles. The molecule has 22 heteroatoms. The number of hydrogen-bond acceptors (Lipinski definition) is 11. The number of aromatic nitrogens is 2. The molecular formula is C71H89Cl4F2N7O9. The van der Waals surface area contributed by atoms with Crippen LogP contribution in [-0.2, 0) is 49.1 Å². The van der Waals surface area contributed by atoms with Crippen LogP contribution in [0.1, 0.15) is 186 Å². The van der Waals surface area contributed by atoms with E-state index in [1.54, 1.807) is 41.3 Å². The number of carbonyl (C=O) groups is 6. The van der Waals surface area contributed by atoms with E-state index in [-0.39, 0.29) is 92.6 Å². The number of fused-ring (bicyclic) bond motifs is 6. The minimum atomic E-state index is -1.25. The third-order valence-electron chi connectivity index (χ3n) is 22.8. The quantitative estimate of drug-likeness (QED) is 0.0973. The van der Waals surface area contributed by atoms with Gasteiger partial charge in [0.2, 0.25) is 11.8 Å². The number of hydrogen-bond donors (Lipinski definition) is 4. The average molecular weight is 1360 g/mol. The van der Waals surface area contributed by atoms with Gasteiger partial charge in [-0.1, -0.05) is 86.2 Å². The van der Waals surface area contributed by atoms with E-state index in [0.717, 1.165) is 70.0 Å². The van der Waals surface area contributed by atoms with E-state index in [1.807, 2.05) is 38.7 Å². The Morgan fingerprint density at radius 1 is 0.602 bits per heavy atom. The molecule has 2 aromatic carbocycles. The number of ether oxygens (including phenoxy) is 2. The highest BCUT2D eigenvalue weighted by atomic mass is 35.5. The summed E-state index contributed by atoms with van der Waals surface area (Å²) in [5, 5.41) is 16.8. The van der Waals surface area contributed by atoms with Crippen LogP contribution in [0.2, 0.25) is 20.4 Å². The lowest BCUT2D eigenvalue weighted by Crippen LogP contribution is -2.52. The Kier molecular flexibility index (Phi) is 20.9. The van der Waals surface area contributed by atoms with Crippen molar-refractivity contribution < 1.29 is 52.1 Å². The van der Waals surface area contributed by atoms with E-state index in [2.05, 4.69) is 48.3 Å². The van der Waals surface area contributed by atoms with Crippen LogP contribution in [0.4, 0.5) is 20.2 Å². The van der Waals surface area contributed by atoms with E-state index >= 15 is 8.78 Å². The number of rotatable bonds is 12. The van der Waals surface area contributed by atoms with Crippen molar-refractivity contribution in [2.24, 2.45) is 45.1 Å². The molecule has 10 atom stereocenters. The summed E-state index contributed by atoms with van der Waals surface area (Å²) in [6.45, 7) is 20.3. The number of nitrogens with zero attached hydrogens (tertiary/aromatic N) is 4. The van der Waals surface area contributed by atoms with E-state index in [1.165, 1.54) is 18.5 Å². The second-order valence-corrected chi connectivity index (χ2v) is 30.4. The van der Waals surface area contributed by atoms with Gasteiger partial charge in [-0.15, -0.1) is 0 Å². The minimum Gasteiger partial charge on any atom is -0.481 e. The van der Waals surface area contributed by atoms with E-state index in [9.17, 15) is 33.9 Å². The van der Waals surface area contributed by atoms with Crippen molar-refractivity contribution in [3.05, 3.63) is 115 Å². The number of nitrogens with one attached hydrogen (secondary N) is 2. The highest BCUT2D eigenvalue weighted by Crippen LogP contribution is 2.74. The molecule has 504 valence electrons. The smallest absolute Gasteiger partial charge is 0.307 e. The van der Waals surface area contributed by atoms with E-state index in [0.29, 0.717) is 85.4 Å². The fourth-order valence-corrected chi connectivity index (χ4v) is 18.4. The Labute approximate surface area is 564 Å². The van der Waals surface area contributed by atoms with Crippen LogP contribution < -0.4 is 16.4 Å². The molecule has 4 saturated carbocycles. The summed E-state index contributed by atoms with van der Waals surface area (Å²) in [6, 6.07) is 13.8. The van der Waals surface area contributed by atoms with Crippen molar-refractivity contribution in [3.63, 3.8) is 0 Å². The summed E-state index contributed by atoms with van der Waals surface area (Å²) in [5.41, 5.74) is 5.22. The number of nitrogens with two attached hydrogens (primary N) is 1.